The number of amides is 1. The Bertz CT molecular complexity index is 441. The third kappa shape index (κ3) is 4.52. The maximum atomic E-state index is 11.5. The van der Waals surface area contributed by atoms with E-state index in [-0.39, 0.29) is 0 Å². The first-order valence-electron chi connectivity index (χ1n) is 4.92. The van der Waals surface area contributed by atoms with Crippen LogP contribution in [-0.4, -0.2) is 23.0 Å². The lowest BCUT2D eigenvalue weighted by molar-refractivity contribution is 0.0635. The molecule has 1 rings (SSSR count). The van der Waals surface area contributed by atoms with Gasteiger partial charge in [-0.05, 0) is 42.8 Å². The number of hydrogen-bond donors (Lipinski definition) is 1. The number of carbonyl (C=O) groups is 2. The molecule has 1 aromatic heterocycles. The quantitative estimate of drug-likeness (QED) is 0.673. The fraction of sp³-hybridized carbons (Fsp3) is 0.364. The van der Waals surface area contributed by atoms with Crippen LogP contribution in [0.5, 0.6) is 0 Å². The lowest BCUT2D eigenvalue weighted by atomic mass is 10.2. The SMILES string of the molecule is CC(C)(C)OC(=O)Nc1cnc(Br)c(C=O)c1. The molecule has 92 valence electrons. The molecular formula is C11H13BrN2O3. The van der Waals surface area contributed by atoms with E-state index in [1.54, 1.807) is 20.8 Å². The monoisotopic (exact) mass is 300 g/mol. The molecule has 1 N–H and O–H groups in total. The summed E-state index contributed by atoms with van der Waals surface area (Å²) in [6.07, 6.45) is 1.50. The van der Waals surface area contributed by atoms with Crippen LogP contribution in [0, 0.1) is 0 Å². The molecule has 0 radical (unpaired) electrons. The molecule has 0 saturated carbocycles. The summed E-state index contributed by atoms with van der Waals surface area (Å²) >= 11 is 3.12. The van der Waals surface area contributed by atoms with Gasteiger partial charge in [-0.2, -0.15) is 0 Å². The number of nitrogens with one attached hydrogen (secondary N) is 1. The lowest BCUT2D eigenvalue weighted by Gasteiger charge is -2.19. The van der Waals surface area contributed by atoms with Crippen LogP contribution in [0.2, 0.25) is 0 Å². The maximum Gasteiger partial charge on any atom is 0.412 e. The number of aldehydes is 1. The third-order valence-electron chi connectivity index (χ3n) is 1.64. The van der Waals surface area contributed by atoms with Crippen molar-refractivity contribution in [3.05, 3.63) is 22.4 Å². The van der Waals surface area contributed by atoms with Crippen LogP contribution in [-0.2, 0) is 4.74 Å². The van der Waals surface area contributed by atoms with Gasteiger partial charge in [0.25, 0.3) is 0 Å². The van der Waals surface area contributed by atoms with E-state index >= 15 is 0 Å². The molecule has 6 heteroatoms. The number of pyridine rings is 1. The van der Waals surface area contributed by atoms with Crippen molar-refractivity contribution in [2.75, 3.05) is 5.32 Å². The predicted octanol–water partition coefficient (Wildman–Crippen LogP) is 3.00. The lowest BCUT2D eigenvalue weighted by Crippen LogP contribution is -2.27. The van der Waals surface area contributed by atoms with Crippen LogP contribution in [0.4, 0.5) is 10.5 Å². The molecule has 5 nitrogen and oxygen atoms in total. The zero-order valence-electron chi connectivity index (χ0n) is 9.78. The second-order valence-corrected chi connectivity index (χ2v) is 5.10. The highest BCUT2D eigenvalue weighted by atomic mass is 79.9. The van der Waals surface area contributed by atoms with Crippen LogP contribution in [0.1, 0.15) is 31.1 Å². The summed E-state index contributed by atoms with van der Waals surface area (Å²) in [4.78, 5) is 26.0. The Kier molecular flexibility index (Phi) is 4.22. The Morgan fingerprint density at radius 3 is 2.71 bits per heavy atom. The van der Waals surface area contributed by atoms with Crippen LogP contribution in [0.3, 0.4) is 0 Å². The summed E-state index contributed by atoms with van der Waals surface area (Å²) in [5.41, 5.74) is 0.198. The summed E-state index contributed by atoms with van der Waals surface area (Å²) in [6, 6.07) is 1.51. The van der Waals surface area contributed by atoms with Crippen molar-refractivity contribution in [1.29, 1.82) is 0 Å². The number of ether oxygens (including phenoxy) is 1. The number of hydrogen-bond acceptors (Lipinski definition) is 4. The van der Waals surface area contributed by atoms with Crippen molar-refractivity contribution in [2.24, 2.45) is 0 Å². The van der Waals surface area contributed by atoms with E-state index < -0.39 is 11.7 Å². The molecule has 0 unspecified atom stereocenters. The van der Waals surface area contributed by atoms with E-state index in [2.05, 4.69) is 26.2 Å². The average molecular weight is 301 g/mol. The molecule has 1 aromatic rings. The maximum absolute atomic E-state index is 11.5. The van der Waals surface area contributed by atoms with Gasteiger partial charge in [0.15, 0.2) is 6.29 Å². The summed E-state index contributed by atoms with van der Waals surface area (Å²) in [5, 5.41) is 2.50. The van der Waals surface area contributed by atoms with Gasteiger partial charge in [0.05, 0.1) is 11.9 Å². The van der Waals surface area contributed by atoms with E-state index in [4.69, 9.17) is 4.74 Å². The van der Waals surface area contributed by atoms with Crippen molar-refractivity contribution in [1.82, 2.24) is 4.98 Å². The molecule has 0 aromatic carbocycles. The highest BCUT2D eigenvalue weighted by Crippen LogP contribution is 2.17. The molecule has 0 bridgehead atoms. The van der Waals surface area contributed by atoms with E-state index in [1.807, 2.05) is 0 Å². The van der Waals surface area contributed by atoms with Gasteiger partial charge >= 0.3 is 6.09 Å². The fourth-order valence-corrected chi connectivity index (χ4v) is 1.35. The van der Waals surface area contributed by atoms with Gasteiger partial charge in [-0.15, -0.1) is 0 Å². The second-order valence-electron chi connectivity index (χ2n) is 4.35. The highest BCUT2D eigenvalue weighted by Gasteiger charge is 2.16. The number of anilines is 1. The number of rotatable bonds is 2. The first-order valence-corrected chi connectivity index (χ1v) is 5.72. The zero-order valence-corrected chi connectivity index (χ0v) is 11.4. The summed E-state index contributed by atoms with van der Waals surface area (Å²) in [7, 11) is 0. The smallest absolute Gasteiger partial charge is 0.412 e. The largest absolute Gasteiger partial charge is 0.444 e. The molecule has 0 aliphatic heterocycles. The number of nitrogens with zero attached hydrogens (tertiary/aromatic N) is 1. The second kappa shape index (κ2) is 5.27. The van der Waals surface area contributed by atoms with Gasteiger partial charge in [0, 0.05) is 5.56 Å². The Labute approximate surface area is 108 Å². The Morgan fingerprint density at radius 2 is 2.18 bits per heavy atom. The minimum Gasteiger partial charge on any atom is -0.444 e. The van der Waals surface area contributed by atoms with Gasteiger partial charge in [0.1, 0.15) is 10.2 Å². The molecule has 0 aliphatic rings. The molecule has 0 aliphatic carbocycles. The van der Waals surface area contributed by atoms with Crippen molar-refractivity contribution < 1.29 is 14.3 Å². The molecule has 17 heavy (non-hydrogen) atoms. The van der Waals surface area contributed by atoms with E-state index in [9.17, 15) is 9.59 Å². The molecule has 1 heterocycles. The Hall–Kier alpha value is -1.43. The standard InChI is InChI=1S/C11H13BrN2O3/c1-11(2,3)17-10(16)14-8-4-7(6-15)9(12)13-5-8/h4-6H,1-3H3,(H,14,16). The van der Waals surface area contributed by atoms with Crippen molar-refractivity contribution in [3.8, 4) is 0 Å². The third-order valence-corrected chi connectivity index (χ3v) is 2.30. The van der Waals surface area contributed by atoms with Crippen molar-refractivity contribution in [3.63, 3.8) is 0 Å². The first-order chi connectivity index (χ1) is 7.81. The van der Waals surface area contributed by atoms with Crippen LogP contribution in [0.25, 0.3) is 0 Å². The molecule has 1 amide bonds. The van der Waals surface area contributed by atoms with Crippen molar-refractivity contribution >= 4 is 34.0 Å². The minimum absolute atomic E-state index is 0.360. The van der Waals surface area contributed by atoms with Crippen LogP contribution >= 0.6 is 15.9 Å². The van der Waals surface area contributed by atoms with Gasteiger partial charge in [-0.25, -0.2) is 9.78 Å². The predicted molar refractivity (Wildman–Crippen MR) is 67.2 cm³/mol. The fourth-order valence-electron chi connectivity index (χ4n) is 1.04. The number of halogens is 1. The van der Waals surface area contributed by atoms with Crippen LogP contribution in [0.15, 0.2) is 16.9 Å². The van der Waals surface area contributed by atoms with E-state index in [0.29, 0.717) is 22.1 Å². The van der Waals surface area contributed by atoms with E-state index in [0.717, 1.165) is 0 Å². The van der Waals surface area contributed by atoms with Gasteiger partial charge in [-0.1, -0.05) is 0 Å². The van der Waals surface area contributed by atoms with Gasteiger partial charge in [-0.3, -0.25) is 10.1 Å². The molecule has 0 fully saturated rings. The topological polar surface area (TPSA) is 68.3 Å². The Balaban J connectivity index is 2.75. The van der Waals surface area contributed by atoms with Crippen LogP contribution < -0.4 is 5.32 Å². The molecular weight excluding hydrogens is 288 g/mol. The molecule has 0 atom stereocenters. The van der Waals surface area contributed by atoms with Gasteiger partial charge < -0.3 is 4.74 Å². The first kappa shape index (κ1) is 13.6. The summed E-state index contributed by atoms with van der Waals surface area (Å²) in [6.45, 7) is 5.30. The molecule has 0 saturated heterocycles. The number of carbonyl (C=O) groups excluding carboxylic acids is 2. The van der Waals surface area contributed by atoms with E-state index in [1.165, 1.54) is 12.3 Å². The zero-order chi connectivity index (χ0) is 13.1. The van der Waals surface area contributed by atoms with Gasteiger partial charge in [0.2, 0.25) is 0 Å². The van der Waals surface area contributed by atoms with Crippen molar-refractivity contribution in [2.45, 2.75) is 26.4 Å². The molecule has 0 spiro atoms. The average Bonchev–Trinajstić information content (AvgIpc) is 2.18. The Morgan fingerprint density at radius 1 is 1.53 bits per heavy atom. The summed E-state index contributed by atoms with van der Waals surface area (Å²) in [5.74, 6) is 0. The normalized spacial score (nSPS) is 10.8. The summed E-state index contributed by atoms with van der Waals surface area (Å²) < 4.78 is 5.50. The highest BCUT2D eigenvalue weighted by molar-refractivity contribution is 9.10. The number of aromatic nitrogens is 1. The minimum atomic E-state index is -0.585.